The molecule has 0 radical (unpaired) electrons. The lowest BCUT2D eigenvalue weighted by molar-refractivity contribution is 0.364. The summed E-state index contributed by atoms with van der Waals surface area (Å²) in [6.45, 7) is 7.91. The zero-order valence-corrected chi connectivity index (χ0v) is 12.3. The number of allylic oxidation sites excluding steroid dienone is 1. The topological polar surface area (TPSA) is 12.0 Å². The summed E-state index contributed by atoms with van der Waals surface area (Å²) < 4.78 is 0. The van der Waals surface area contributed by atoms with Gasteiger partial charge in [0.25, 0.3) is 0 Å². The maximum absolute atomic E-state index is 6.00. The minimum Gasteiger partial charge on any atom is -0.381 e. The third kappa shape index (κ3) is 3.08. The third-order valence-electron chi connectivity index (χ3n) is 3.98. The Morgan fingerprint density at radius 3 is 2.78 bits per heavy atom. The Hall–Kier alpha value is -0.950. The van der Waals surface area contributed by atoms with E-state index in [4.69, 9.17) is 11.6 Å². The molecule has 1 nitrogen and oxygen atoms in total. The molecule has 0 atom stereocenters. The number of nitrogens with one attached hydrogen (secondary N) is 1. The van der Waals surface area contributed by atoms with Gasteiger partial charge in [-0.25, -0.2) is 0 Å². The predicted molar refractivity (Wildman–Crippen MR) is 80.3 cm³/mol. The highest BCUT2D eigenvalue weighted by Gasteiger charge is 2.27. The summed E-state index contributed by atoms with van der Waals surface area (Å²) in [7, 11) is 0. The number of anilines is 1. The molecule has 0 heterocycles. The maximum Gasteiger partial charge on any atom is 0.0426 e. The molecular formula is C16H22ClN. The number of hydrogen-bond acceptors (Lipinski definition) is 1. The van der Waals surface area contributed by atoms with Crippen LogP contribution in [0.3, 0.4) is 0 Å². The van der Waals surface area contributed by atoms with Gasteiger partial charge in [-0.2, -0.15) is 0 Å². The van der Waals surface area contributed by atoms with E-state index in [2.05, 4.69) is 32.2 Å². The minimum absolute atomic E-state index is 0.327. The number of benzene rings is 1. The van der Waals surface area contributed by atoms with Crippen molar-refractivity contribution in [2.45, 2.75) is 40.0 Å². The molecule has 1 aromatic carbocycles. The second-order valence-corrected chi connectivity index (χ2v) is 6.30. The van der Waals surface area contributed by atoms with Crippen LogP contribution in [0.5, 0.6) is 0 Å². The molecule has 1 aromatic rings. The van der Waals surface area contributed by atoms with Crippen molar-refractivity contribution >= 4 is 17.3 Å². The molecule has 0 fully saturated rings. The molecule has 0 saturated carbocycles. The van der Waals surface area contributed by atoms with Gasteiger partial charge in [-0.05, 0) is 55.4 Å². The fourth-order valence-electron chi connectivity index (χ4n) is 2.85. The molecule has 0 bridgehead atoms. The Bertz CT molecular complexity index is 460. The van der Waals surface area contributed by atoms with Crippen LogP contribution in [0, 0.1) is 5.41 Å². The highest BCUT2D eigenvalue weighted by molar-refractivity contribution is 6.30. The largest absolute Gasteiger partial charge is 0.381 e. The van der Waals surface area contributed by atoms with E-state index in [0.717, 1.165) is 17.3 Å². The maximum atomic E-state index is 6.00. The number of rotatable bonds is 3. The lowest BCUT2D eigenvalue weighted by atomic mass is 9.73. The van der Waals surface area contributed by atoms with Gasteiger partial charge in [-0.1, -0.05) is 37.1 Å². The first-order valence-electron chi connectivity index (χ1n) is 6.67. The van der Waals surface area contributed by atoms with Crippen molar-refractivity contribution in [1.82, 2.24) is 0 Å². The molecular weight excluding hydrogens is 242 g/mol. The quantitative estimate of drug-likeness (QED) is 0.732. The average molecular weight is 264 g/mol. The van der Waals surface area contributed by atoms with Crippen LogP contribution in [0.15, 0.2) is 35.4 Å². The van der Waals surface area contributed by atoms with Crippen LogP contribution >= 0.6 is 11.6 Å². The molecule has 1 N–H and O–H groups in total. The molecule has 0 aromatic heterocycles. The second-order valence-electron chi connectivity index (χ2n) is 5.86. The molecule has 98 valence electrons. The number of halogens is 1. The molecule has 2 heteroatoms. The van der Waals surface area contributed by atoms with Gasteiger partial charge in [0.05, 0.1) is 0 Å². The van der Waals surface area contributed by atoms with Crippen LogP contribution in [0.1, 0.15) is 40.0 Å². The van der Waals surface area contributed by atoms with E-state index < -0.39 is 0 Å². The van der Waals surface area contributed by atoms with Crippen LogP contribution < -0.4 is 5.32 Å². The fourth-order valence-corrected chi connectivity index (χ4v) is 3.04. The molecule has 1 aliphatic carbocycles. The van der Waals surface area contributed by atoms with Crippen molar-refractivity contribution in [1.29, 1.82) is 0 Å². The van der Waals surface area contributed by atoms with Gasteiger partial charge < -0.3 is 5.32 Å². The monoisotopic (exact) mass is 263 g/mol. The average Bonchev–Trinajstić information content (AvgIpc) is 2.27. The molecule has 0 saturated heterocycles. The highest BCUT2D eigenvalue weighted by Crippen LogP contribution is 2.39. The van der Waals surface area contributed by atoms with Crippen LogP contribution in [0.25, 0.3) is 0 Å². The first-order valence-corrected chi connectivity index (χ1v) is 7.05. The SMILES string of the molecule is CC1=C(CNc2cccc(Cl)c2)C(C)(C)CCC1. The van der Waals surface area contributed by atoms with Crippen LogP contribution in [-0.4, -0.2) is 6.54 Å². The third-order valence-corrected chi connectivity index (χ3v) is 4.21. The van der Waals surface area contributed by atoms with Crippen LogP contribution in [-0.2, 0) is 0 Å². The van der Waals surface area contributed by atoms with Crippen molar-refractivity contribution in [3.8, 4) is 0 Å². The normalized spacial score (nSPS) is 18.9. The Morgan fingerprint density at radius 1 is 1.33 bits per heavy atom. The van der Waals surface area contributed by atoms with Gasteiger partial charge in [-0.15, -0.1) is 0 Å². The summed E-state index contributed by atoms with van der Waals surface area (Å²) >= 11 is 6.00. The molecule has 2 rings (SSSR count). The van der Waals surface area contributed by atoms with Gasteiger partial charge in [0.1, 0.15) is 0 Å². The van der Waals surface area contributed by atoms with Crippen molar-refractivity contribution in [3.05, 3.63) is 40.4 Å². The van der Waals surface area contributed by atoms with Crippen molar-refractivity contribution in [2.24, 2.45) is 5.41 Å². The zero-order chi connectivity index (χ0) is 13.2. The standard InChI is InChI=1S/C16H22ClN/c1-12-6-5-9-16(2,3)15(12)11-18-14-8-4-7-13(17)10-14/h4,7-8,10,18H,5-6,9,11H2,1-3H3. The summed E-state index contributed by atoms with van der Waals surface area (Å²) in [4.78, 5) is 0. The van der Waals surface area contributed by atoms with Crippen LogP contribution in [0.4, 0.5) is 5.69 Å². The Balaban J connectivity index is 2.09. The predicted octanol–water partition coefficient (Wildman–Crippen LogP) is 5.28. The Morgan fingerprint density at radius 2 is 2.11 bits per heavy atom. The highest BCUT2D eigenvalue weighted by atomic mass is 35.5. The minimum atomic E-state index is 0.327. The molecule has 0 unspecified atom stereocenters. The van der Waals surface area contributed by atoms with Crippen molar-refractivity contribution in [3.63, 3.8) is 0 Å². The van der Waals surface area contributed by atoms with E-state index in [9.17, 15) is 0 Å². The second kappa shape index (κ2) is 5.36. The lowest BCUT2D eigenvalue weighted by Gasteiger charge is -2.35. The molecule has 0 spiro atoms. The van der Waals surface area contributed by atoms with E-state index >= 15 is 0 Å². The van der Waals surface area contributed by atoms with E-state index in [1.165, 1.54) is 19.3 Å². The molecule has 1 aliphatic rings. The smallest absolute Gasteiger partial charge is 0.0426 e. The first-order chi connectivity index (χ1) is 8.49. The first kappa shape index (κ1) is 13.5. The summed E-state index contributed by atoms with van der Waals surface area (Å²) in [5.41, 5.74) is 4.55. The zero-order valence-electron chi connectivity index (χ0n) is 11.5. The molecule has 18 heavy (non-hydrogen) atoms. The Labute approximate surface area is 115 Å². The van der Waals surface area contributed by atoms with Crippen molar-refractivity contribution < 1.29 is 0 Å². The molecule has 0 amide bonds. The van der Waals surface area contributed by atoms with Gasteiger partial charge in [0, 0.05) is 17.3 Å². The lowest BCUT2D eigenvalue weighted by Crippen LogP contribution is -2.25. The van der Waals surface area contributed by atoms with Gasteiger partial charge in [-0.3, -0.25) is 0 Å². The van der Waals surface area contributed by atoms with E-state index in [-0.39, 0.29) is 0 Å². The Kier molecular flexibility index (Phi) is 4.01. The summed E-state index contributed by atoms with van der Waals surface area (Å²) in [6.07, 6.45) is 3.85. The fraction of sp³-hybridized carbons (Fsp3) is 0.500. The summed E-state index contributed by atoms with van der Waals surface area (Å²) in [6, 6.07) is 7.94. The van der Waals surface area contributed by atoms with E-state index in [1.54, 1.807) is 11.1 Å². The van der Waals surface area contributed by atoms with Crippen molar-refractivity contribution in [2.75, 3.05) is 11.9 Å². The van der Waals surface area contributed by atoms with Gasteiger partial charge in [0.15, 0.2) is 0 Å². The van der Waals surface area contributed by atoms with E-state index in [1.807, 2.05) is 18.2 Å². The molecule has 0 aliphatic heterocycles. The van der Waals surface area contributed by atoms with Crippen LogP contribution in [0.2, 0.25) is 5.02 Å². The van der Waals surface area contributed by atoms with Gasteiger partial charge in [0.2, 0.25) is 0 Å². The number of hydrogen-bond donors (Lipinski definition) is 1. The summed E-state index contributed by atoms with van der Waals surface area (Å²) in [5.74, 6) is 0. The summed E-state index contributed by atoms with van der Waals surface area (Å²) in [5, 5.41) is 4.28. The van der Waals surface area contributed by atoms with Gasteiger partial charge >= 0.3 is 0 Å². The van der Waals surface area contributed by atoms with E-state index in [0.29, 0.717) is 5.41 Å².